The maximum Gasteiger partial charge on any atom is 0.394 e. The van der Waals surface area contributed by atoms with E-state index in [-0.39, 0.29) is 45.0 Å². The minimum absolute atomic E-state index is 0. The van der Waals surface area contributed by atoms with E-state index < -0.39 is 20.8 Å². The van der Waals surface area contributed by atoms with Gasteiger partial charge in [-0.3, -0.25) is 18.2 Å². The molecule has 0 saturated heterocycles. The number of rotatable bonds is 0. The van der Waals surface area contributed by atoms with Gasteiger partial charge in [0.1, 0.15) is 0 Å². The monoisotopic (exact) mass is 366 g/mol. The second-order valence-electron chi connectivity index (χ2n) is 0.896. The fourth-order valence-electron chi connectivity index (χ4n) is 0. The number of hydrogen-bond donors (Lipinski definition) is 4. The normalized spacial score (nSPS) is 7.73. The number of nitrogens with two attached hydrogens (primary N) is 4. The average molecular weight is 367 g/mol. The van der Waals surface area contributed by atoms with Gasteiger partial charge < -0.3 is 24.6 Å². The summed E-state index contributed by atoms with van der Waals surface area (Å²) in [5, 5.41) is 0. The number of hydrogen-bond acceptors (Lipinski definition) is 4. The predicted molar refractivity (Wildman–Crippen MR) is 49.5 cm³/mol. The summed E-state index contributed by atoms with van der Waals surface area (Å²) in [4.78, 5) is 0. The molecule has 0 spiro atoms. The zero-order valence-corrected chi connectivity index (χ0v) is 10.1. The van der Waals surface area contributed by atoms with Gasteiger partial charge in [-0.1, -0.05) is 0 Å². The Kier molecular flexibility index (Phi) is 50.6. The molecule has 0 radical (unpaired) electrons. The largest absolute Gasteiger partial charge is 0.693 e. The quantitative estimate of drug-likeness (QED) is 0.359. The van der Waals surface area contributed by atoms with E-state index in [1.165, 1.54) is 0 Å². The molecule has 0 atom stereocenters. The second kappa shape index (κ2) is 16.7. The molecule has 0 aromatic rings. The van der Waals surface area contributed by atoms with E-state index >= 15 is 0 Å². The third-order valence-electron chi connectivity index (χ3n) is 0. The molecule has 0 amide bonds. The minimum Gasteiger partial charge on any atom is -0.693 e. The van der Waals surface area contributed by atoms with Crippen LogP contribution < -0.4 is 0 Å². The Balaban J connectivity index is -0.0000000128. The Bertz CT molecular complexity index is 221. The van der Waals surface area contributed by atoms with Gasteiger partial charge in [-0.2, -0.15) is 16.8 Å². The Morgan fingerprint density at radius 3 is 0.533 bits per heavy atom. The zero-order chi connectivity index (χ0) is 9.00. The van der Waals surface area contributed by atoms with Crippen molar-refractivity contribution < 1.29 is 55.5 Å². The van der Waals surface area contributed by atoms with Crippen molar-refractivity contribution in [2.24, 2.45) is 0 Å². The summed E-state index contributed by atoms with van der Waals surface area (Å²) in [5.41, 5.74) is 0. The van der Waals surface area contributed by atoms with E-state index in [0.717, 1.165) is 0 Å². The molecule has 0 aliphatic carbocycles. The molecule has 0 aliphatic rings. The maximum atomic E-state index is 8.74. The molecule has 0 fully saturated rings. The molecule has 12 nitrogen and oxygen atoms in total. The molecule has 0 aromatic carbocycles. The molecule has 15 heavy (non-hydrogen) atoms. The molecular weight excluding hydrogens is 355 g/mol. The summed E-state index contributed by atoms with van der Waals surface area (Å²) in [7, 11) is -9.33. The summed E-state index contributed by atoms with van der Waals surface area (Å²) in [5.74, 6) is 0. The van der Waals surface area contributed by atoms with Crippen LogP contribution >= 0.6 is 0 Å². The van der Waals surface area contributed by atoms with Crippen LogP contribution in [0, 0.1) is 0 Å². The van der Waals surface area contributed by atoms with Crippen LogP contribution in [0.4, 0.5) is 0 Å². The summed E-state index contributed by atoms with van der Waals surface area (Å²) in [6.45, 7) is 0. The van der Waals surface area contributed by atoms with Crippen molar-refractivity contribution >= 4 is 20.8 Å². The van der Waals surface area contributed by atoms with Gasteiger partial charge in [0.05, 0.1) is 0 Å². The molecule has 106 valence electrons. The SMILES string of the molecule is O=S(=O)(O)O.O=S(=O)(O)O.[NH2-].[NH2-].[NH2-].[NH2-].[Pd]. The van der Waals surface area contributed by atoms with Crippen molar-refractivity contribution in [2.45, 2.75) is 0 Å². The first kappa shape index (κ1) is 45.5. The summed E-state index contributed by atoms with van der Waals surface area (Å²) in [6, 6.07) is 0. The Morgan fingerprint density at radius 2 is 0.533 bits per heavy atom. The average Bonchev–Trinajstić information content (AvgIpc) is 1.12. The molecule has 0 bridgehead atoms. The molecular formula is H12N4O8PdS2-4. The Hall–Kier alpha value is 0.242. The van der Waals surface area contributed by atoms with Gasteiger partial charge in [0.25, 0.3) is 0 Å². The summed E-state index contributed by atoms with van der Waals surface area (Å²) >= 11 is 0. The maximum absolute atomic E-state index is 8.74. The molecule has 0 aliphatic heterocycles. The summed E-state index contributed by atoms with van der Waals surface area (Å²) in [6.07, 6.45) is 0. The molecule has 12 N–H and O–H groups in total. The fourth-order valence-corrected chi connectivity index (χ4v) is 0. The fraction of sp³-hybridized carbons (Fsp3) is 0. The van der Waals surface area contributed by atoms with Gasteiger partial charge in [-0.05, 0) is 0 Å². The Labute approximate surface area is 101 Å². The first-order chi connectivity index (χ1) is 4.00. The molecule has 0 heterocycles. The standard InChI is InChI=1S/4H2N.2H2O4S.Pd/c;;;;2*1-5(2,3)4;/h4*1H2;2*(H2,1,2,3,4);/q4*-1;;;. The van der Waals surface area contributed by atoms with Gasteiger partial charge >= 0.3 is 20.8 Å². The van der Waals surface area contributed by atoms with Crippen LogP contribution in [0.5, 0.6) is 0 Å². The smallest absolute Gasteiger partial charge is 0.394 e. The van der Waals surface area contributed by atoms with Crippen LogP contribution in [0.3, 0.4) is 0 Å². The van der Waals surface area contributed by atoms with Gasteiger partial charge in [0.15, 0.2) is 0 Å². The second-order valence-corrected chi connectivity index (χ2v) is 2.69. The molecule has 0 saturated carbocycles. The molecule has 15 heteroatoms. The zero-order valence-electron chi connectivity index (χ0n) is 6.86. The molecule has 0 aromatic heterocycles. The molecule has 0 rings (SSSR count). The topological polar surface area (TPSA) is 283 Å². The third kappa shape index (κ3) is 36300. The van der Waals surface area contributed by atoms with Crippen LogP contribution in [-0.4, -0.2) is 35.0 Å². The first-order valence-electron chi connectivity index (χ1n) is 1.40. The van der Waals surface area contributed by atoms with Gasteiger partial charge in [-0.15, -0.1) is 0 Å². The van der Waals surface area contributed by atoms with E-state index in [1.807, 2.05) is 0 Å². The van der Waals surface area contributed by atoms with Crippen molar-refractivity contribution in [3.8, 4) is 0 Å². The van der Waals surface area contributed by atoms with E-state index in [2.05, 4.69) is 0 Å². The van der Waals surface area contributed by atoms with E-state index in [9.17, 15) is 0 Å². The minimum atomic E-state index is -4.67. The van der Waals surface area contributed by atoms with Crippen LogP contribution in [0.25, 0.3) is 24.6 Å². The first-order valence-corrected chi connectivity index (χ1v) is 4.19. The van der Waals surface area contributed by atoms with Gasteiger partial charge in [0.2, 0.25) is 0 Å². The summed E-state index contributed by atoms with van der Waals surface area (Å²) < 4.78 is 63.2. The van der Waals surface area contributed by atoms with Crippen molar-refractivity contribution in [1.29, 1.82) is 0 Å². The van der Waals surface area contributed by atoms with Crippen LogP contribution in [0.1, 0.15) is 0 Å². The van der Waals surface area contributed by atoms with Crippen molar-refractivity contribution in [3.63, 3.8) is 0 Å². The van der Waals surface area contributed by atoms with Crippen LogP contribution in [0.2, 0.25) is 0 Å². The Morgan fingerprint density at radius 1 is 0.533 bits per heavy atom. The van der Waals surface area contributed by atoms with Gasteiger partial charge in [-0.25, -0.2) is 0 Å². The predicted octanol–water partition coefficient (Wildman–Crippen LogP) is 1.56. The van der Waals surface area contributed by atoms with Gasteiger partial charge in [0, 0.05) is 20.4 Å². The van der Waals surface area contributed by atoms with Crippen molar-refractivity contribution in [1.82, 2.24) is 0 Å². The van der Waals surface area contributed by atoms with E-state index in [0.29, 0.717) is 0 Å². The van der Waals surface area contributed by atoms with Crippen molar-refractivity contribution in [2.75, 3.05) is 0 Å². The van der Waals surface area contributed by atoms with E-state index in [4.69, 9.17) is 35.0 Å². The molecule has 0 unspecified atom stereocenters. The van der Waals surface area contributed by atoms with Crippen LogP contribution in [0.15, 0.2) is 0 Å². The third-order valence-corrected chi connectivity index (χ3v) is 0. The van der Waals surface area contributed by atoms with Crippen molar-refractivity contribution in [3.05, 3.63) is 24.6 Å². The van der Waals surface area contributed by atoms with E-state index in [1.54, 1.807) is 0 Å². The van der Waals surface area contributed by atoms with Crippen LogP contribution in [-0.2, 0) is 41.2 Å².